The number of carbonyl (C=O) groups excluding carboxylic acids is 2. The third kappa shape index (κ3) is 12.3. The smallest absolute Gasteiger partial charge is 0.326 e. The van der Waals surface area contributed by atoms with Crippen molar-refractivity contribution in [2.45, 2.75) is 90.1 Å². The minimum Gasteiger partial charge on any atom is -0.480 e. The van der Waals surface area contributed by atoms with Crippen molar-refractivity contribution in [3.8, 4) is 0 Å². The Labute approximate surface area is 192 Å². The molecule has 6 heteroatoms. The van der Waals surface area contributed by atoms with Crippen molar-refractivity contribution in [1.29, 1.82) is 0 Å². The topological polar surface area (TPSA) is 95.5 Å². The van der Waals surface area contributed by atoms with Gasteiger partial charge in [-0.3, -0.25) is 9.59 Å². The highest BCUT2D eigenvalue weighted by molar-refractivity contribution is 5.90. The molecule has 0 aliphatic carbocycles. The van der Waals surface area contributed by atoms with Gasteiger partial charge in [-0.2, -0.15) is 0 Å². The van der Waals surface area contributed by atoms with E-state index in [1.54, 1.807) is 0 Å². The van der Waals surface area contributed by atoms with E-state index < -0.39 is 24.0 Å². The average Bonchev–Trinajstić information content (AvgIpc) is 2.75. The molecule has 1 unspecified atom stereocenters. The number of benzene rings is 1. The fraction of sp³-hybridized carbons (Fsp3) is 0.577. The second-order valence-electron chi connectivity index (χ2n) is 8.79. The first-order valence-corrected chi connectivity index (χ1v) is 11.8. The second kappa shape index (κ2) is 16.1. The SMILES string of the molecule is C=CCCCCCCCCC(=O)NC(Cc1ccccc1)C(=O)N[C@H](CC(C)C)C(=O)O. The third-order valence-electron chi connectivity index (χ3n) is 5.32. The fourth-order valence-electron chi connectivity index (χ4n) is 3.57. The molecule has 3 N–H and O–H groups in total. The lowest BCUT2D eigenvalue weighted by Crippen LogP contribution is -2.52. The number of carboxylic acids is 1. The average molecular weight is 445 g/mol. The molecule has 0 aromatic heterocycles. The maximum Gasteiger partial charge on any atom is 0.326 e. The van der Waals surface area contributed by atoms with Gasteiger partial charge in [0.05, 0.1) is 0 Å². The summed E-state index contributed by atoms with van der Waals surface area (Å²) in [6.45, 7) is 7.54. The molecule has 2 amide bonds. The maximum absolute atomic E-state index is 12.9. The number of unbranched alkanes of at least 4 members (excludes halogenated alkanes) is 6. The maximum atomic E-state index is 12.9. The van der Waals surface area contributed by atoms with Crippen molar-refractivity contribution < 1.29 is 19.5 Å². The molecule has 0 aliphatic heterocycles. The quantitative estimate of drug-likeness (QED) is 0.241. The number of carboxylic acid groups (broad SMARTS) is 1. The number of nitrogens with one attached hydrogen (secondary N) is 2. The Morgan fingerprint density at radius 2 is 1.56 bits per heavy atom. The van der Waals surface area contributed by atoms with Crippen LogP contribution < -0.4 is 10.6 Å². The predicted octanol–water partition coefficient (Wildman–Crippen LogP) is 4.64. The molecule has 32 heavy (non-hydrogen) atoms. The van der Waals surface area contributed by atoms with Gasteiger partial charge >= 0.3 is 5.97 Å². The lowest BCUT2D eigenvalue weighted by Gasteiger charge is -2.22. The van der Waals surface area contributed by atoms with E-state index in [0.717, 1.165) is 44.1 Å². The normalized spacial score (nSPS) is 12.7. The van der Waals surface area contributed by atoms with Crippen LogP contribution in [0.15, 0.2) is 43.0 Å². The lowest BCUT2D eigenvalue weighted by atomic mass is 10.0. The zero-order valence-corrected chi connectivity index (χ0v) is 19.6. The highest BCUT2D eigenvalue weighted by Crippen LogP contribution is 2.10. The molecule has 1 rings (SSSR count). The van der Waals surface area contributed by atoms with Crippen LogP contribution in [0.5, 0.6) is 0 Å². The van der Waals surface area contributed by atoms with E-state index in [2.05, 4.69) is 17.2 Å². The highest BCUT2D eigenvalue weighted by Gasteiger charge is 2.27. The Balaban J connectivity index is 2.61. The van der Waals surface area contributed by atoms with Crippen LogP contribution in [0.3, 0.4) is 0 Å². The molecule has 6 nitrogen and oxygen atoms in total. The zero-order valence-electron chi connectivity index (χ0n) is 19.6. The molecule has 0 bridgehead atoms. The summed E-state index contributed by atoms with van der Waals surface area (Å²) in [6.07, 6.45) is 10.3. The molecule has 0 saturated carbocycles. The lowest BCUT2D eigenvalue weighted by molar-refractivity contribution is -0.142. The molecular formula is C26H40N2O4. The summed E-state index contributed by atoms with van der Waals surface area (Å²) in [5.41, 5.74) is 0.906. The van der Waals surface area contributed by atoms with Gasteiger partial charge in [0.2, 0.25) is 11.8 Å². The van der Waals surface area contributed by atoms with Crippen LogP contribution in [-0.2, 0) is 20.8 Å². The summed E-state index contributed by atoms with van der Waals surface area (Å²) in [5, 5.41) is 14.9. The van der Waals surface area contributed by atoms with E-state index in [9.17, 15) is 19.5 Å². The molecule has 1 aromatic rings. The summed E-state index contributed by atoms with van der Waals surface area (Å²) in [5.74, 6) is -1.58. The summed E-state index contributed by atoms with van der Waals surface area (Å²) >= 11 is 0. The number of rotatable bonds is 17. The van der Waals surface area contributed by atoms with Crippen molar-refractivity contribution in [2.75, 3.05) is 0 Å². The van der Waals surface area contributed by atoms with Crippen LogP contribution in [0.4, 0.5) is 0 Å². The first kappa shape index (κ1) is 27.4. The Kier molecular flexibility index (Phi) is 13.8. The molecule has 0 radical (unpaired) electrons. The predicted molar refractivity (Wildman–Crippen MR) is 128 cm³/mol. The number of hydrogen-bond donors (Lipinski definition) is 3. The number of allylic oxidation sites excluding steroid dienone is 1. The van der Waals surface area contributed by atoms with Crippen molar-refractivity contribution in [3.05, 3.63) is 48.6 Å². The summed E-state index contributed by atoms with van der Waals surface area (Å²) in [7, 11) is 0. The molecule has 178 valence electrons. The van der Waals surface area contributed by atoms with E-state index in [-0.39, 0.29) is 11.8 Å². The first-order chi connectivity index (χ1) is 15.3. The van der Waals surface area contributed by atoms with Crippen LogP contribution in [0.25, 0.3) is 0 Å². The van der Waals surface area contributed by atoms with Gasteiger partial charge in [-0.1, -0.05) is 75.9 Å². The van der Waals surface area contributed by atoms with E-state index in [1.807, 2.05) is 50.3 Å². The summed E-state index contributed by atoms with van der Waals surface area (Å²) < 4.78 is 0. The fourth-order valence-corrected chi connectivity index (χ4v) is 3.57. The van der Waals surface area contributed by atoms with E-state index in [1.165, 1.54) is 6.42 Å². The van der Waals surface area contributed by atoms with Crippen molar-refractivity contribution in [1.82, 2.24) is 10.6 Å². The van der Waals surface area contributed by atoms with Crippen LogP contribution in [0.1, 0.15) is 77.2 Å². The molecule has 0 fully saturated rings. The monoisotopic (exact) mass is 444 g/mol. The van der Waals surface area contributed by atoms with Gasteiger partial charge < -0.3 is 15.7 Å². The molecular weight excluding hydrogens is 404 g/mol. The minimum absolute atomic E-state index is 0.121. The summed E-state index contributed by atoms with van der Waals surface area (Å²) in [4.78, 5) is 36.9. The number of carbonyl (C=O) groups is 3. The molecule has 2 atom stereocenters. The number of aliphatic carboxylic acids is 1. The Morgan fingerprint density at radius 1 is 0.938 bits per heavy atom. The van der Waals surface area contributed by atoms with Gasteiger partial charge in [-0.25, -0.2) is 4.79 Å². The van der Waals surface area contributed by atoms with Crippen LogP contribution in [-0.4, -0.2) is 35.0 Å². The highest BCUT2D eigenvalue weighted by atomic mass is 16.4. The van der Waals surface area contributed by atoms with Crippen molar-refractivity contribution >= 4 is 17.8 Å². The van der Waals surface area contributed by atoms with Crippen LogP contribution >= 0.6 is 0 Å². The largest absolute Gasteiger partial charge is 0.480 e. The molecule has 0 heterocycles. The zero-order chi connectivity index (χ0) is 23.8. The second-order valence-corrected chi connectivity index (χ2v) is 8.79. The van der Waals surface area contributed by atoms with Crippen molar-refractivity contribution in [3.63, 3.8) is 0 Å². The van der Waals surface area contributed by atoms with Gasteiger partial charge in [0.15, 0.2) is 0 Å². The van der Waals surface area contributed by atoms with E-state index in [4.69, 9.17) is 0 Å². The van der Waals surface area contributed by atoms with E-state index >= 15 is 0 Å². The third-order valence-corrected chi connectivity index (χ3v) is 5.32. The van der Waals surface area contributed by atoms with Gasteiger partial charge in [0.1, 0.15) is 12.1 Å². The molecule has 0 aliphatic rings. The summed E-state index contributed by atoms with van der Waals surface area (Å²) in [6, 6.07) is 7.64. The first-order valence-electron chi connectivity index (χ1n) is 11.8. The Bertz CT molecular complexity index is 703. The number of amides is 2. The van der Waals surface area contributed by atoms with Crippen molar-refractivity contribution in [2.24, 2.45) is 5.92 Å². The molecule has 0 spiro atoms. The van der Waals surface area contributed by atoms with Crippen LogP contribution in [0.2, 0.25) is 0 Å². The number of hydrogen-bond acceptors (Lipinski definition) is 3. The molecule has 1 aromatic carbocycles. The van der Waals surface area contributed by atoms with Gasteiger partial charge in [0, 0.05) is 12.8 Å². The van der Waals surface area contributed by atoms with E-state index in [0.29, 0.717) is 19.3 Å². The Hall–Kier alpha value is -2.63. The molecule has 0 saturated heterocycles. The Morgan fingerprint density at radius 3 is 2.16 bits per heavy atom. The van der Waals surface area contributed by atoms with Gasteiger partial charge in [0.25, 0.3) is 0 Å². The standard InChI is InChI=1S/C26H40N2O4/c1-4-5-6-7-8-9-10-14-17-24(29)27-22(19-21-15-12-11-13-16-21)25(30)28-23(26(31)32)18-20(2)3/h4,11-13,15-16,20,22-23H,1,5-10,14,17-19H2,2-3H3,(H,27,29)(H,28,30)(H,31,32)/t22?,23-/m1/s1. The van der Waals surface area contributed by atoms with Gasteiger partial charge in [-0.15, -0.1) is 6.58 Å². The van der Waals surface area contributed by atoms with Crippen LogP contribution in [0, 0.1) is 5.92 Å². The van der Waals surface area contributed by atoms with Gasteiger partial charge in [-0.05, 0) is 37.2 Å². The minimum atomic E-state index is -1.06.